The van der Waals surface area contributed by atoms with Gasteiger partial charge in [0.15, 0.2) is 0 Å². The highest BCUT2D eigenvalue weighted by Gasteiger charge is 2.32. The molecule has 0 spiro atoms. The van der Waals surface area contributed by atoms with Crippen LogP contribution in [-0.4, -0.2) is 11.7 Å². The molecule has 0 saturated heterocycles. The number of hydrogen-bond acceptors (Lipinski definition) is 1. The quantitative estimate of drug-likeness (QED) is 0.514. The van der Waals surface area contributed by atoms with Crippen molar-refractivity contribution in [3.05, 3.63) is 24.3 Å². The van der Waals surface area contributed by atoms with Crippen LogP contribution < -0.4 is 0 Å². The largest absolute Gasteiger partial charge is 0.396 e. The lowest BCUT2D eigenvalue weighted by Crippen LogP contribution is -2.12. The van der Waals surface area contributed by atoms with Crippen LogP contribution in [0.5, 0.6) is 0 Å². The van der Waals surface area contributed by atoms with Crippen molar-refractivity contribution in [3.8, 4) is 0 Å². The molecule has 9 heavy (non-hydrogen) atoms. The third kappa shape index (κ3) is 0.583. The molecule has 1 heteroatoms. The number of allylic oxidation sites excluding steroid dienone is 4. The summed E-state index contributed by atoms with van der Waals surface area (Å²) < 4.78 is 0. The summed E-state index contributed by atoms with van der Waals surface area (Å²) >= 11 is 0. The topological polar surface area (TPSA) is 20.2 Å². The molecule has 0 unspecified atom stereocenters. The van der Waals surface area contributed by atoms with E-state index in [1.165, 1.54) is 0 Å². The van der Waals surface area contributed by atoms with E-state index in [0.29, 0.717) is 24.4 Å². The van der Waals surface area contributed by atoms with E-state index >= 15 is 0 Å². The molecular weight excluding hydrogens is 112 g/mol. The van der Waals surface area contributed by atoms with Gasteiger partial charge in [-0.25, -0.2) is 0 Å². The van der Waals surface area contributed by atoms with E-state index in [1.54, 1.807) is 0 Å². The fraction of sp³-hybridized carbons (Fsp3) is 0.500. The van der Waals surface area contributed by atoms with Crippen molar-refractivity contribution in [2.24, 2.45) is 17.8 Å². The van der Waals surface area contributed by atoms with Gasteiger partial charge in [0.05, 0.1) is 0 Å². The van der Waals surface area contributed by atoms with Crippen molar-refractivity contribution in [1.29, 1.82) is 0 Å². The zero-order valence-electron chi connectivity index (χ0n) is 5.20. The lowest BCUT2D eigenvalue weighted by Gasteiger charge is -2.10. The van der Waals surface area contributed by atoms with E-state index < -0.39 is 0 Å². The molecule has 0 aliphatic heterocycles. The van der Waals surface area contributed by atoms with Crippen LogP contribution in [0.25, 0.3) is 0 Å². The molecule has 0 aromatic heterocycles. The van der Waals surface area contributed by atoms with Crippen LogP contribution in [0.15, 0.2) is 24.3 Å². The van der Waals surface area contributed by atoms with Gasteiger partial charge in [0, 0.05) is 24.4 Å². The fourth-order valence-electron chi connectivity index (χ4n) is 1.71. The van der Waals surface area contributed by atoms with Gasteiger partial charge >= 0.3 is 0 Å². The Balaban J connectivity index is 2.20. The summed E-state index contributed by atoms with van der Waals surface area (Å²) in [6.45, 7) is 0.329. The smallest absolute Gasteiger partial charge is 0.0476 e. The molecule has 1 nitrogen and oxygen atoms in total. The molecule has 0 atom stereocenters. The summed E-state index contributed by atoms with van der Waals surface area (Å²) in [7, 11) is 0. The van der Waals surface area contributed by atoms with E-state index in [2.05, 4.69) is 24.3 Å². The molecule has 2 rings (SSSR count). The Kier molecular flexibility index (Phi) is 0.995. The maximum absolute atomic E-state index is 8.87. The first-order chi connectivity index (χ1) is 4.42. The van der Waals surface area contributed by atoms with Crippen molar-refractivity contribution in [1.82, 2.24) is 0 Å². The number of rotatable bonds is 1. The van der Waals surface area contributed by atoms with Gasteiger partial charge in [-0.3, -0.25) is 0 Å². The second-order valence-electron chi connectivity index (χ2n) is 2.77. The molecule has 1 N–H and O–H groups in total. The van der Waals surface area contributed by atoms with Crippen LogP contribution in [0.3, 0.4) is 0 Å². The molecule has 0 aromatic rings. The second-order valence-corrected chi connectivity index (χ2v) is 2.77. The van der Waals surface area contributed by atoms with Gasteiger partial charge < -0.3 is 5.11 Å². The van der Waals surface area contributed by atoms with Gasteiger partial charge in [0.2, 0.25) is 0 Å². The van der Waals surface area contributed by atoms with Gasteiger partial charge in [-0.15, -0.1) is 0 Å². The van der Waals surface area contributed by atoms with Crippen LogP contribution in [0.4, 0.5) is 0 Å². The number of hydrogen-bond donors (Lipinski definition) is 1. The first-order valence-corrected chi connectivity index (χ1v) is 3.39. The first-order valence-electron chi connectivity index (χ1n) is 3.39. The normalized spacial score (nSPS) is 44.8. The van der Waals surface area contributed by atoms with Crippen LogP contribution in [-0.2, 0) is 0 Å². The summed E-state index contributed by atoms with van der Waals surface area (Å²) in [6, 6.07) is 0. The summed E-state index contributed by atoms with van der Waals surface area (Å²) in [5, 5.41) is 8.87. The van der Waals surface area contributed by atoms with Gasteiger partial charge in [-0.1, -0.05) is 24.3 Å². The first kappa shape index (κ1) is 5.24. The minimum absolute atomic E-state index is 0.329. The molecule has 48 valence electrons. The second kappa shape index (κ2) is 1.71. The van der Waals surface area contributed by atoms with E-state index in [0.717, 1.165) is 0 Å². The fourth-order valence-corrected chi connectivity index (χ4v) is 1.71. The summed E-state index contributed by atoms with van der Waals surface area (Å²) in [6.07, 6.45) is 8.74. The molecule has 0 fully saturated rings. The Labute approximate surface area is 54.7 Å². The van der Waals surface area contributed by atoms with Crippen LogP contribution in [0.1, 0.15) is 0 Å². The summed E-state index contributed by atoms with van der Waals surface area (Å²) in [5.41, 5.74) is 0. The molecule has 0 saturated carbocycles. The highest BCUT2D eigenvalue weighted by atomic mass is 16.3. The van der Waals surface area contributed by atoms with Gasteiger partial charge in [0.25, 0.3) is 0 Å². The summed E-state index contributed by atoms with van der Waals surface area (Å²) in [4.78, 5) is 0. The van der Waals surface area contributed by atoms with Gasteiger partial charge in [-0.05, 0) is 0 Å². The highest BCUT2D eigenvalue weighted by Crippen LogP contribution is 2.37. The molecule has 0 heterocycles. The predicted octanol–water partition coefficient (Wildman–Crippen LogP) is 0.967. The lowest BCUT2D eigenvalue weighted by atomic mass is 9.97. The summed E-state index contributed by atoms with van der Waals surface area (Å²) in [5.74, 6) is 1.56. The van der Waals surface area contributed by atoms with Gasteiger partial charge in [0.1, 0.15) is 0 Å². The van der Waals surface area contributed by atoms with Crippen molar-refractivity contribution in [2.75, 3.05) is 6.61 Å². The van der Waals surface area contributed by atoms with Crippen LogP contribution in [0.2, 0.25) is 0 Å². The molecule has 0 amide bonds. The maximum atomic E-state index is 8.87. The molecule has 2 aliphatic rings. The van der Waals surface area contributed by atoms with Crippen molar-refractivity contribution in [3.63, 3.8) is 0 Å². The molecule has 2 aliphatic carbocycles. The van der Waals surface area contributed by atoms with E-state index in [-0.39, 0.29) is 0 Å². The van der Waals surface area contributed by atoms with Crippen molar-refractivity contribution < 1.29 is 5.11 Å². The number of aliphatic hydroxyl groups excluding tert-OH is 1. The molecular formula is C8H10O. The zero-order valence-corrected chi connectivity index (χ0v) is 5.20. The third-order valence-electron chi connectivity index (χ3n) is 2.31. The van der Waals surface area contributed by atoms with E-state index in [9.17, 15) is 0 Å². The van der Waals surface area contributed by atoms with E-state index in [1.807, 2.05) is 0 Å². The Morgan fingerprint density at radius 1 is 1.00 bits per heavy atom. The van der Waals surface area contributed by atoms with Crippen LogP contribution >= 0.6 is 0 Å². The SMILES string of the molecule is OCC1C2C=CC1C=C2. The average Bonchev–Trinajstić information content (AvgIpc) is 2.44. The van der Waals surface area contributed by atoms with Crippen molar-refractivity contribution in [2.45, 2.75) is 0 Å². The number of fused-ring (bicyclic) bond motifs is 2. The standard InChI is InChI=1S/C8H10O/c9-5-8-6-1-2-7(8)4-3-6/h1-4,6-9H,5H2. The monoisotopic (exact) mass is 122 g/mol. The molecule has 0 radical (unpaired) electrons. The minimum Gasteiger partial charge on any atom is -0.396 e. The minimum atomic E-state index is 0.329. The van der Waals surface area contributed by atoms with Crippen LogP contribution in [0, 0.1) is 17.8 Å². The Bertz CT molecular complexity index is 139. The van der Waals surface area contributed by atoms with Gasteiger partial charge in [-0.2, -0.15) is 0 Å². The molecule has 2 bridgehead atoms. The zero-order chi connectivity index (χ0) is 6.27. The van der Waals surface area contributed by atoms with E-state index in [4.69, 9.17) is 5.11 Å². The van der Waals surface area contributed by atoms with Crippen molar-refractivity contribution >= 4 is 0 Å². The lowest BCUT2D eigenvalue weighted by molar-refractivity contribution is 0.205. The highest BCUT2D eigenvalue weighted by molar-refractivity contribution is 5.24. The Morgan fingerprint density at radius 2 is 1.44 bits per heavy atom. The maximum Gasteiger partial charge on any atom is 0.0476 e. The number of aliphatic hydroxyl groups is 1. The molecule has 0 aromatic carbocycles. The third-order valence-corrected chi connectivity index (χ3v) is 2.31. The average molecular weight is 122 g/mol. The Morgan fingerprint density at radius 3 is 1.67 bits per heavy atom. The predicted molar refractivity (Wildman–Crippen MR) is 35.8 cm³/mol. The Hall–Kier alpha value is -0.560.